The molecule has 2 saturated heterocycles. The summed E-state index contributed by atoms with van der Waals surface area (Å²) in [5, 5.41) is 0. The minimum Gasteiger partial charge on any atom is -0.365 e. The first-order chi connectivity index (χ1) is 6.74. The Labute approximate surface area is 81.5 Å². The van der Waals surface area contributed by atoms with E-state index in [0.717, 1.165) is 0 Å². The summed E-state index contributed by atoms with van der Waals surface area (Å²) in [6, 6.07) is 0. The van der Waals surface area contributed by atoms with Crippen molar-refractivity contribution >= 4 is 11.8 Å². The van der Waals surface area contributed by atoms with Gasteiger partial charge in [0.05, 0.1) is 24.0 Å². The first kappa shape index (κ1) is 8.17. The predicted molar refractivity (Wildman–Crippen MR) is 47.2 cm³/mol. The molecule has 0 radical (unpaired) electrons. The highest BCUT2D eigenvalue weighted by atomic mass is 16.5. The molecule has 0 unspecified atom stereocenters. The molecule has 0 spiro atoms. The SMILES string of the molecule is CCN1C(=O)[C@@H]2[C@H](C1=O)[C@H]1C=C[C@@H]2O1. The number of amides is 2. The van der Waals surface area contributed by atoms with Crippen molar-refractivity contribution in [2.75, 3.05) is 6.54 Å². The number of imide groups is 1. The van der Waals surface area contributed by atoms with E-state index in [1.54, 1.807) is 0 Å². The highest BCUT2D eigenvalue weighted by Gasteiger charge is 2.60. The lowest BCUT2D eigenvalue weighted by Gasteiger charge is -2.14. The van der Waals surface area contributed by atoms with Crippen LogP contribution in [0.5, 0.6) is 0 Å². The van der Waals surface area contributed by atoms with Crippen molar-refractivity contribution in [3.63, 3.8) is 0 Å². The Bertz CT molecular complexity index is 319. The Hall–Kier alpha value is -1.16. The van der Waals surface area contributed by atoms with Crippen LogP contribution in [0.1, 0.15) is 6.92 Å². The maximum absolute atomic E-state index is 11.8. The van der Waals surface area contributed by atoms with Crippen LogP contribution < -0.4 is 0 Å². The smallest absolute Gasteiger partial charge is 0.236 e. The van der Waals surface area contributed by atoms with E-state index in [1.165, 1.54) is 4.90 Å². The fraction of sp³-hybridized carbons (Fsp3) is 0.600. The van der Waals surface area contributed by atoms with Crippen LogP contribution in [-0.4, -0.2) is 35.5 Å². The third-order valence-corrected chi connectivity index (χ3v) is 3.32. The minimum absolute atomic E-state index is 0.0562. The van der Waals surface area contributed by atoms with Gasteiger partial charge >= 0.3 is 0 Å². The fourth-order valence-electron chi connectivity index (χ4n) is 2.68. The zero-order valence-electron chi connectivity index (χ0n) is 7.84. The zero-order chi connectivity index (χ0) is 9.87. The van der Waals surface area contributed by atoms with E-state index in [9.17, 15) is 9.59 Å². The molecule has 4 atom stereocenters. The number of ether oxygens (including phenoxy) is 1. The molecule has 2 bridgehead atoms. The van der Waals surface area contributed by atoms with Crippen LogP contribution in [0.15, 0.2) is 12.2 Å². The molecule has 2 fully saturated rings. The van der Waals surface area contributed by atoms with Gasteiger partial charge in [0.1, 0.15) is 0 Å². The number of hydrogen-bond acceptors (Lipinski definition) is 3. The number of nitrogens with zero attached hydrogens (tertiary/aromatic N) is 1. The van der Waals surface area contributed by atoms with Crippen LogP contribution in [0, 0.1) is 11.8 Å². The van der Waals surface area contributed by atoms with Gasteiger partial charge in [-0.25, -0.2) is 0 Å². The second-order valence-corrected chi connectivity index (χ2v) is 3.92. The van der Waals surface area contributed by atoms with Gasteiger partial charge in [0.25, 0.3) is 0 Å². The zero-order valence-corrected chi connectivity index (χ0v) is 7.84. The molecule has 0 saturated carbocycles. The van der Waals surface area contributed by atoms with Crippen molar-refractivity contribution in [3.05, 3.63) is 12.2 Å². The van der Waals surface area contributed by atoms with Gasteiger partial charge in [-0.2, -0.15) is 0 Å². The quantitative estimate of drug-likeness (QED) is 0.433. The van der Waals surface area contributed by atoms with Crippen LogP contribution in [0.3, 0.4) is 0 Å². The molecule has 3 rings (SSSR count). The van der Waals surface area contributed by atoms with Crippen molar-refractivity contribution in [1.29, 1.82) is 0 Å². The first-order valence-corrected chi connectivity index (χ1v) is 4.93. The second kappa shape index (κ2) is 2.45. The lowest BCUT2D eigenvalue weighted by molar-refractivity contribution is -0.142. The van der Waals surface area contributed by atoms with Crippen molar-refractivity contribution in [3.8, 4) is 0 Å². The summed E-state index contributed by atoms with van der Waals surface area (Å²) in [5.74, 6) is -0.589. The number of carbonyl (C=O) groups excluding carboxylic acids is 2. The van der Waals surface area contributed by atoms with Gasteiger partial charge in [0.15, 0.2) is 0 Å². The second-order valence-electron chi connectivity index (χ2n) is 3.92. The van der Waals surface area contributed by atoms with E-state index in [0.29, 0.717) is 6.54 Å². The van der Waals surface area contributed by atoms with Gasteiger partial charge < -0.3 is 4.74 Å². The van der Waals surface area contributed by atoms with Crippen molar-refractivity contribution in [2.24, 2.45) is 11.8 Å². The minimum atomic E-state index is -0.238. The average molecular weight is 193 g/mol. The van der Waals surface area contributed by atoms with E-state index >= 15 is 0 Å². The van der Waals surface area contributed by atoms with Crippen molar-refractivity contribution < 1.29 is 14.3 Å². The largest absolute Gasteiger partial charge is 0.365 e. The Morgan fingerprint density at radius 1 is 1.21 bits per heavy atom. The summed E-state index contributed by atoms with van der Waals surface area (Å²) in [4.78, 5) is 25.0. The summed E-state index contributed by atoms with van der Waals surface area (Å²) in [7, 11) is 0. The summed E-state index contributed by atoms with van der Waals surface area (Å²) in [6.45, 7) is 2.30. The molecule has 4 nitrogen and oxygen atoms in total. The molecule has 74 valence electrons. The molecule has 0 aromatic carbocycles. The van der Waals surface area contributed by atoms with Gasteiger partial charge in [-0.3, -0.25) is 14.5 Å². The van der Waals surface area contributed by atoms with E-state index in [1.807, 2.05) is 19.1 Å². The number of carbonyl (C=O) groups is 2. The molecular formula is C10H11NO3. The lowest BCUT2D eigenvalue weighted by Crippen LogP contribution is -2.34. The maximum atomic E-state index is 11.8. The monoisotopic (exact) mass is 193 g/mol. The third-order valence-electron chi connectivity index (χ3n) is 3.32. The van der Waals surface area contributed by atoms with Crippen LogP contribution in [-0.2, 0) is 14.3 Å². The summed E-state index contributed by atoms with van der Waals surface area (Å²) >= 11 is 0. The molecule has 3 heterocycles. The summed E-state index contributed by atoms with van der Waals surface area (Å²) in [5.41, 5.74) is 0. The molecule has 14 heavy (non-hydrogen) atoms. The van der Waals surface area contributed by atoms with E-state index in [2.05, 4.69) is 0 Å². The summed E-state index contributed by atoms with van der Waals surface area (Å²) in [6.07, 6.45) is 3.49. The topological polar surface area (TPSA) is 46.6 Å². The van der Waals surface area contributed by atoms with Gasteiger partial charge in [-0.05, 0) is 6.92 Å². The van der Waals surface area contributed by atoms with Crippen molar-refractivity contribution in [2.45, 2.75) is 19.1 Å². The summed E-state index contributed by atoms with van der Waals surface area (Å²) < 4.78 is 5.49. The molecule has 4 heteroatoms. The average Bonchev–Trinajstić information content (AvgIpc) is 2.80. The molecular weight excluding hydrogens is 182 g/mol. The van der Waals surface area contributed by atoms with E-state index in [4.69, 9.17) is 4.74 Å². The van der Waals surface area contributed by atoms with Crippen LogP contribution in [0.4, 0.5) is 0 Å². The Morgan fingerprint density at radius 3 is 2.14 bits per heavy atom. The molecule has 2 amide bonds. The molecule has 3 aliphatic heterocycles. The van der Waals surface area contributed by atoms with Gasteiger partial charge in [-0.1, -0.05) is 12.2 Å². The lowest BCUT2D eigenvalue weighted by atomic mass is 9.85. The highest BCUT2D eigenvalue weighted by molar-refractivity contribution is 6.06. The van der Waals surface area contributed by atoms with E-state index in [-0.39, 0.29) is 35.9 Å². The molecule has 0 aromatic rings. The number of likely N-dealkylation sites (tertiary alicyclic amines) is 1. The maximum Gasteiger partial charge on any atom is 0.236 e. The number of fused-ring (bicyclic) bond motifs is 5. The Kier molecular flexibility index (Phi) is 1.43. The van der Waals surface area contributed by atoms with E-state index < -0.39 is 0 Å². The highest BCUT2D eigenvalue weighted by Crippen LogP contribution is 2.44. The van der Waals surface area contributed by atoms with Gasteiger partial charge in [0, 0.05) is 6.54 Å². The van der Waals surface area contributed by atoms with Gasteiger partial charge in [-0.15, -0.1) is 0 Å². The van der Waals surface area contributed by atoms with Crippen LogP contribution in [0.25, 0.3) is 0 Å². The molecule has 0 aliphatic carbocycles. The standard InChI is InChI=1S/C10H11NO3/c1-2-11-9(12)7-5-3-4-6(14-5)8(7)10(11)13/h3-8H,2H2,1H3/t5-,6+,7-,8+. The first-order valence-electron chi connectivity index (χ1n) is 4.93. The molecule has 0 aromatic heterocycles. The Morgan fingerprint density at radius 2 is 1.71 bits per heavy atom. The van der Waals surface area contributed by atoms with Gasteiger partial charge in [0.2, 0.25) is 11.8 Å². The predicted octanol–water partition coefficient (Wildman–Crippen LogP) is -0.0553. The molecule has 0 N–H and O–H groups in total. The number of hydrogen-bond donors (Lipinski definition) is 0. The van der Waals surface area contributed by atoms with Crippen LogP contribution >= 0.6 is 0 Å². The fourth-order valence-corrected chi connectivity index (χ4v) is 2.68. The third kappa shape index (κ3) is 0.733. The molecule has 3 aliphatic rings. The van der Waals surface area contributed by atoms with Crippen molar-refractivity contribution in [1.82, 2.24) is 4.90 Å². The number of rotatable bonds is 1. The normalized spacial score (nSPS) is 43.9. The van der Waals surface area contributed by atoms with Crippen LogP contribution in [0.2, 0.25) is 0 Å². The Balaban J connectivity index is 2.02.